The quantitative estimate of drug-likeness (QED) is 0.177. The van der Waals surface area contributed by atoms with Crippen LogP contribution in [0.2, 0.25) is 5.02 Å². The number of para-hydroxylation sites is 2. The summed E-state index contributed by atoms with van der Waals surface area (Å²) >= 11 is 5.98. The van der Waals surface area contributed by atoms with E-state index < -0.39 is 5.97 Å². The lowest BCUT2D eigenvalue weighted by Crippen LogP contribution is -2.20. The number of carbonyl (C=O) groups is 2. The fourth-order valence-electron chi connectivity index (χ4n) is 4.25. The number of aromatic nitrogens is 2. The zero-order valence-corrected chi connectivity index (χ0v) is 21.8. The molecule has 0 saturated heterocycles. The van der Waals surface area contributed by atoms with Crippen molar-refractivity contribution in [3.8, 4) is 5.75 Å². The molecule has 0 aliphatic heterocycles. The first-order chi connectivity index (χ1) is 18.4. The first-order valence-electron chi connectivity index (χ1n) is 12.1. The second-order valence-electron chi connectivity index (χ2n) is 8.86. The summed E-state index contributed by atoms with van der Waals surface area (Å²) in [4.78, 5) is 31.8. The van der Waals surface area contributed by atoms with Crippen molar-refractivity contribution in [3.63, 3.8) is 0 Å². The normalized spacial score (nSPS) is 11.1. The molecule has 0 unspecified atom stereocenters. The second kappa shape index (κ2) is 11.0. The lowest BCUT2D eigenvalue weighted by molar-refractivity contribution is -0.139. The standard InChI is InChI=1S/C29H26ClN3O5/c1-32(29-31-24-6-3-4-7-26(24)38-29)14-5-15-37-22-12-13-25-23(17-22)20(16-27(34)36-2)18-33(25)28(35)19-8-10-21(30)11-9-19/h3-4,6-13,17-18H,5,14-16H2,1-2H3. The van der Waals surface area contributed by atoms with Gasteiger partial charge in [-0.3, -0.25) is 14.2 Å². The van der Waals surface area contributed by atoms with Crippen LogP contribution in [0.4, 0.5) is 6.01 Å². The number of rotatable bonds is 9. The number of fused-ring (bicyclic) bond motifs is 2. The summed E-state index contributed by atoms with van der Waals surface area (Å²) in [5.74, 6) is 0.0278. The fourth-order valence-corrected chi connectivity index (χ4v) is 4.37. The monoisotopic (exact) mass is 531 g/mol. The molecule has 5 rings (SSSR count). The van der Waals surface area contributed by atoms with Crippen molar-refractivity contribution in [3.05, 3.63) is 89.1 Å². The van der Waals surface area contributed by atoms with Crippen LogP contribution < -0.4 is 9.64 Å². The third-order valence-electron chi connectivity index (χ3n) is 6.25. The predicted molar refractivity (Wildman–Crippen MR) is 146 cm³/mol. The number of anilines is 1. The van der Waals surface area contributed by atoms with Gasteiger partial charge in [0.25, 0.3) is 11.9 Å². The van der Waals surface area contributed by atoms with Crippen molar-refractivity contribution in [1.82, 2.24) is 9.55 Å². The number of oxazole rings is 1. The van der Waals surface area contributed by atoms with E-state index in [1.54, 1.807) is 30.5 Å². The van der Waals surface area contributed by atoms with Crippen LogP contribution >= 0.6 is 11.6 Å². The van der Waals surface area contributed by atoms with Crippen molar-refractivity contribution >= 4 is 51.5 Å². The lowest BCUT2D eigenvalue weighted by atomic mass is 10.1. The molecule has 5 aromatic rings. The Kier molecular flexibility index (Phi) is 7.33. The summed E-state index contributed by atoms with van der Waals surface area (Å²) in [5.41, 5.74) is 3.41. The number of benzene rings is 3. The zero-order valence-electron chi connectivity index (χ0n) is 21.0. The molecule has 0 aliphatic carbocycles. The maximum absolute atomic E-state index is 13.2. The molecule has 0 bridgehead atoms. The van der Waals surface area contributed by atoms with Gasteiger partial charge < -0.3 is 18.8 Å². The smallest absolute Gasteiger partial charge is 0.310 e. The highest BCUT2D eigenvalue weighted by Crippen LogP contribution is 2.28. The third kappa shape index (κ3) is 5.35. The van der Waals surface area contributed by atoms with E-state index in [1.165, 1.54) is 11.7 Å². The Balaban J connectivity index is 1.30. The number of nitrogens with zero attached hydrogens (tertiary/aromatic N) is 3. The molecule has 0 saturated carbocycles. The first-order valence-corrected chi connectivity index (χ1v) is 12.5. The topological polar surface area (TPSA) is 86.8 Å². The summed E-state index contributed by atoms with van der Waals surface area (Å²) in [5, 5.41) is 1.30. The molecule has 2 aromatic heterocycles. The molecular weight excluding hydrogens is 506 g/mol. The number of halogens is 1. The van der Waals surface area contributed by atoms with Crippen LogP contribution in [0.1, 0.15) is 22.3 Å². The molecule has 38 heavy (non-hydrogen) atoms. The van der Waals surface area contributed by atoms with Crippen molar-refractivity contribution in [2.75, 3.05) is 32.2 Å². The second-order valence-corrected chi connectivity index (χ2v) is 9.29. The van der Waals surface area contributed by atoms with Gasteiger partial charge in [0.1, 0.15) is 11.3 Å². The Morgan fingerprint density at radius 1 is 1.08 bits per heavy atom. The number of hydrogen-bond donors (Lipinski definition) is 0. The maximum Gasteiger partial charge on any atom is 0.310 e. The highest BCUT2D eigenvalue weighted by atomic mass is 35.5. The Morgan fingerprint density at radius 2 is 1.87 bits per heavy atom. The zero-order chi connectivity index (χ0) is 26.6. The van der Waals surface area contributed by atoms with Gasteiger partial charge in [-0.05, 0) is 66.6 Å². The fraction of sp³-hybridized carbons (Fsp3) is 0.207. The molecule has 9 heteroatoms. The van der Waals surface area contributed by atoms with Gasteiger partial charge in [-0.2, -0.15) is 4.98 Å². The summed E-state index contributed by atoms with van der Waals surface area (Å²) < 4.78 is 18.2. The van der Waals surface area contributed by atoms with Crippen LogP contribution in [-0.2, 0) is 16.0 Å². The molecule has 0 amide bonds. The SMILES string of the molecule is COC(=O)Cc1cn(C(=O)c2ccc(Cl)cc2)c2ccc(OCCCN(C)c3nc4ccccc4o3)cc12. The van der Waals surface area contributed by atoms with E-state index in [-0.39, 0.29) is 12.3 Å². The van der Waals surface area contributed by atoms with Gasteiger partial charge in [0.05, 0.1) is 25.7 Å². The molecule has 0 N–H and O–H groups in total. The average molecular weight is 532 g/mol. The minimum atomic E-state index is -0.392. The Bertz CT molecular complexity index is 1570. The van der Waals surface area contributed by atoms with E-state index in [1.807, 2.05) is 54.4 Å². The number of methoxy groups -OCH3 is 1. The Labute approximate surface area is 224 Å². The van der Waals surface area contributed by atoms with Crippen LogP contribution in [0.25, 0.3) is 22.0 Å². The summed E-state index contributed by atoms with van der Waals surface area (Å²) in [6.45, 7) is 1.15. The van der Waals surface area contributed by atoms with Gasteiger partial charge >= 0.3 is 5.97 Å². The largest absolute Gasteiger partial charge is 0.494 e. The van der Waals surface area contributed by atoms with Gasteiger partial charge in [-0.15, -0.1) is 0 Å². The Morgan fingerprint density at radius 3 is 2.63 bits per heavy atom. The Hall–Kier alpha value is -4.30. The lowest BCUT2D eigenvalue weighted by Gasteiger charge is -2.14. The van der Waals surface area contributed by atoms with E-state index in [0.29, 0.717) is 46.6 Å². The van der Waals surface area contributed by atoms with Crippen LogP contribution in [-0.4, -0.2) is 48.7 Å². The highest BCUT2D eigenvalue weighted by Gasteiger charge is 2.18. The number of hydrogen-bond acceptors (Lipinski definition) is 7. The summed E-state index contributed by atoms with van der Waals surface area (Å²) in [6.07, 6.45) is 2.45. The molecular formula is C29H26ClN3O5. The van der Waals surface area contributed by atoms with E-state index in [9.17, 15) is 9.59 Å². The van der Waals surface area contributed by atoms with E-state index >= 15 is 0 Å². The molecule has 0 atom stereocenters. The van der Waals surface area contributed by atoms with Crippen molar-refractivity contribution in [2.45, 2.75) is 12.8 Å². The first kappa shape index (κ1) is 25.4. The van der Waals surface area contributed by atoms with E-state index in [0.717, 1.165) is 22.9 Å². The average Bonchev–Trinajstić information content (AvgIpc) is 3.53. The molecule has 3 aromatic carbocycles. The van der Waals surface area contributed by atoms with Crippen molar-refractivity contribution < 1.29 is 23.5 Å². The molecule has 0 radical (unpaired) electrons. The molecule has 2 heterocycles. The minimum absolute atomic E-state index is 0.0344. The molecule has 8 nitrogen and oxygen atoms in total. The number of esters is 1. The van der Waals surface area contributed by atoms with Gasteiger partial charge in [0.2, 0.25) is 0 Å². The van der Waals surface area contributed by atoms with Crippen molar-refractivity contribution in [1.29, 1.82) is 0 Å². The summed E-state index contributed by atoms with van der Waals surface area (Å²) in [7, 11) is 3.27. The third-order valence-corrected chi connectivity index (χ3v) is 6.50. The van der Waals surface area contributed by atoms with Crippen LogP contribution in [0.3, 0.4) is 0 Å². The van der Waals surface area contributed by atoms with Crippen LogP contribution in [0.5, 0.6) is 5.75 Å². The van der Waals surface area contributed by atoms with Gasteiger partial charge in [-0.25, -0.2) is 0 Å². The maximum atomic E-state index is 13.2. The molecule has 0 fully saturated rings. The van der Waals surface area contributed by atoms with Gasteiger partial charge in [0.15, 0.2) is 5.58 Å². The molecule has 0 aliphatic rings. The van der Waals surface area contributed by atoms with Crippen molar-refractivity contribution in [2.24, 2.45) is 0 Å². The number of carbonyl (C=O) groups excluding carboxylic acids is 2. The van der Waals surface area contributed by atoms with E-state index in [2.05, 4.69) is 4.98 Å². The number of ether oxygens (including phenoxy) is 2. The minimum Gasteiger partial charge on any atom is -0.494 e. The van der Waals surface area contributed by atoms with Gasteiger partial charge in [-0.1, -0.05) is 23.7 Å². The predicted octanol–water partition coefficient (Wildman–Crippen LogP) is 5.75. The molecule has 194 valence electrons. The summed E-state index contributed by atoms with van der Waals surface area (Å²) in [6, 6.07) is 20.4. The highest BCUT2D eigenvalue weighted by molar-refractivity contribution is 6.30. The van der Waals surface area contributed by atoms with Crippen LogP contribution in [0, 0.1) is 0 Å². The van der Waals surface area contributed by atoms with E-state index in [4.69, 9.17) is 25.5 Å². The van der Waals surface area contributed by atoms with Crippen LogP contribution in [0.15, 0.2) is 77.3 Å². The van der Waals surface area contributed by atoms with Gasteiger partial charge in [0, 0.05) is 35.8 Å². The molecule has 0 spiro atoms.